The van der Waals surface area contributed by atoms with Gasteiger partial charge >= 0.3 is 6.72 Å². The molecule has 0 unspecified atom stereocenters. The molecule has 2 aromatic carbocycles. The van der Waals surface area contributed by atoms with Crippen LogP contribution < -0.4 is 29.6 Å². The first-order chi connectivity index (χ1) is 36.2. The highest BCUT2D eigenvalue weighted by Gasteiger charge is 2.28. The summed E-state index contributed by atoms with van der Waals surface area (Å²) in [5, 5.41) is 67.0. The van der Waals surface area contributed by atoms with E-state index in [1.54, 1.807) is 28.0 Å². The van der Waals surface area contributed by atoms with Crippen molar-refractivity contribution >= 4 is 64.1 Å². The van der Waals surface area contributed by atoms with Crippen LogP contribution in [0, 0.1) is 6.92 Å². The fourth-order valence-electron chi connectivity index (χ4n) is 8.45. The minimum absolute atomic E-state index is 0.00775. The van der Waals surface area contributed by atoms with Crippen molar-refractivity contribution in [3.8, 4) is 34.3 Å². The average molecular weight is 1080 g/mol. The lowest BCUT2D eigenvalue weighted by Gasteiger charge is -2.33. The van der Waals surface area contributed by atoms with Gasteiger partial charge in [-0.1, -0.05) is 26.0 Å². The van der Waals surface area contributed by atoms with E-state index >= 15 is 0 Å². The quantitative estimate of drug-likeness (QED) is 0.0422. The summed E-state index contributed by atoms with van der Waals surface area (Å²) in [6.45, 7) is 12.2. The summed E-state index contributed by atoms with van der Waals surface area (Å²) in [7, 11) is 0. The predicted octanol–water partition coefficient (Wildman–Crippen LogP) is 6.14. The molecule has 2 aliphatic heterocycles. The first kappa shape index (κ1) is 58.2. The molecule has 2 fully saturated rings. The number of aryl methyl sites for hydroxylation is 1. The predicted molar refractivity (Wildman–Crippen MR) is 292 cm³/mol. The van der Waals surface area contributed by atoms with Crippen LogP contribution in [0.3, 0.4) is 0 Å². The number of hydrogen-bond acceptors (Lipinski definition) is 23. The Kier molecular flexibility index (Phi) is 21.9. The molecule has 2 aliphatic rings. The second-order valence-electron chi connectivity index (χ2n) is 18.0. The van der Waals surface area contributed by atoms with Crippen molar-refractivity contribution in [3.63, 3.8) is 0 Å². The highest BCUT2D eigenvalue weighted by Crippen LogP contribution is 2.49. The summed E-state index contributed by atoms with van der Waals surface area (Å²) in [5.74, 6) is 3.28. The molecule has 408 valence electrons. The van der Waals surface area contributed by atoms with Gasteiger partial charge in [0.25, 0.3) is 0 Å². The molecule has 0 bridgehead atoms. The number of aliphatic hydroxyl groups excluding tert-OH is 4. The zero-order chi connectivity index (χ0) is 54.1. The standard InChI is InChI=1S/C24H40N8O4.C15H10O5.C12H21N2O3PS/c33-15-11-31(12-16-34)23-26-20-19(21(27-23)29-7-3-1-4-8-29)25-24(32(13-17-35)14-18-36)28-22(20)30-9-5-2-6-10-30;16-9-3-1-8(2-4-9)11-7-20-13-6-10(17)5-12(18)14(13)15(11)19;1-6-15-18(19,16-7-2)17-11-8-10(5)13-12(14-11)9(3)4/h33-36H,1-18H2;1-7,16-18H;8-9H,6-7H2,1-5H3. The lowest BCUT2D eigenvalue weighted by Crippen LogP contribution is -2.36. The number of aromatic nitrogens is 6. The number of fused-ring (bicyclic) bond motifs is 2. The number of aliphatic hydroxyl groups is 4. The van der Waals surface area contributed by atoms with Gasteiger partial charge in [-0.15, -0.1) is 0 Å². The highest BCUT2D eigenvalue weighted by molar-refractivity contribution is 8.07. The number of phenolic OH excluding ortho intramolecular Hbond substituents is 3. The summed E-state index contributed by atoms with van der Waals surface area (Å²) in [5.41, 5.74) is 2.66. The summed E-state index contributed by atoms with van der Waals surface area (Å²) in [6.07, 6.45) is 7.87. The Bertz CT molecular complexity index is 2790. The van der Waals surface area contributed by atoms with Crippen LogP contribution in [-0.4, -0.2) is 158 Å². The molecule has 2 saturated heterocycles. The van der Waals surface area contributed by atoms with E-state index in [2.05, 4.69) is 19.8 Å². The van der Waals surface area contributed by atoms with E-state index in [0.29, 0.717) is 73.8 Å². The van der Waals surface area contributed by atoms with Crippen molar-refractivity contribution in [2.24, 2.45) is 0 Å². The minimum Gasteiger partial charge on any atom is -0.508 e. The number of phenols is 3. The smallest absolute Gasteiger partial charge is 0.381 e. The second kappa shape index (κ2) is 28.2. The van der Waals surface area contributed by atoms with Crippen LogP contribution in [0.4, 0.5) is 23.5 Å². The van der Waals surface area contributed by atoms with Gasteiger partial charge in [0.05, 0.1) is 45.2 Å². The highest BCUT2D eigenvalue weighted by atomic mass is 32.5. The molecule has 8 rings (SSSR count). The summed E-state index contributed by atoms with van der Waals surface area (Å²) >= 11 is 5.32. The van der Waals surface area contributed by atoms with Crippen LogP contribution in [0.5, 0.6) is 23.1 Å². The summed E-state index contributed by atoms with van der Waals surface area (Å²) < 4.78 is 21.8. The first-order valence-corrected chi connectivity index (χ1v) is 28.0. The van der Waals surface area contributed by atoms with E-state index in [4.69, 9.17) is 49.7 Å². The van der Waals surface area contributed by atoms with E-state index in [0.717, 1.165) is 81.1 Å². The molecule has 0 spiro atoms. The van der Waals surface area contributed by atoms with Crippen LogP contribution in [0.1, 0.15) is 83.7 Å². The fraction of sp³-hybridized carbons (Fsp3) is 0.510. The van der Waals surface area contributed by atoms with Crippen molar-refractivity contribution in [2.45, 2.75) is 79.1 Å². The summed E-state index contributed by atoms with van der Waals surface area (Å²) in [4.78, 5) is 48.9. The van der Waals surface area contributed by atoms with Crippen molar-refractivity contribution in [1.82, 2.24) is 29.9 Å². The molecule has 0 aliphatic carbocycles. The number of rotatable bonds is 20. The topological polar surface area (TPSA) is 290 Å². The third-order valence-electron chi connectivity index (χ3n) is 12.0. The molecule has 6 aromatic rings. The Hall–Kier alpha value is -6.04. The lowest BCUT2D eigenvalue weighted by molar-refractivity contribution is 0.215. The van der Waals surface area contributed by atoms with Crippen LogP contribution in [0.25, 0.3) is 33.1 Å². The number of nitrogens with zero attached hydrogens (tertiary/aromatic N) is 10. The van der Waals surface area contributed by atoms with Crippen molar-refractivity contribution in [3.05, 3.63) is 70.5 Å². The monoisotopic (exact) mass is 1080 g/mol. The Balaban J connectivity index is 0.000000199. The van der Waals surface area contributed by atoms with Gasteiger partial charge in [-0.2, -0.15) is 15.0 Å². The van der Waals surface area contributed by atoms with Crippen molar-refractivity contribution in [1.29, 1.82) is 0 Å². The van der Waals surface area contributed by atoms with Gasteiger partial charge in [0.1, 0.15) is 51.3 Å². The van der Waals surface area contributed by atoms with Gasteiger partial charge in [-0.05, 0) is 77.0 Å². The number of benzene rings is 2. The van der Waals surface area contributed by atoms with Gasteiger partial charge in [0.2, 0.25) is 23.2 Å². The number of aromatic hydroxyl groups is 3. The van der Waals surface area contributed by atoms with E-state index < -0.39 is 12.1 Å². The average Bonchev–Trinajstić information content (AvgIpc) is 3.39. The molecule has 0 saturated carbocycles. The molecule has 7 N–H and O–H groups in total. The zero-order valence-corrected chi connectivity index (χ0v) is 45.0. The zero-order valence-electron chi connectivity index (χ0n) is 43.3. The second-order valence-corrected chi connectivity index (χ2v) is 20.9. The number of hydrogen-bond donors (Lipinski definition) is 7. The largest absolute Gasteiger partial charge is 0.508 e. The maximum Gasteiger partial charge on any atom is 0.381 e. The lowest BCUT2D eigenvalue weighted by atomic mass is 10.0. The molecule has 24 heteroatoms. The van der Waals surface area contributed by atoms with E-state index in [1.165, 1.54) is 37.3 Å². The Morgan fingerprint density at radius 2 is 1.17 bits per heavy atom. The molecule has 0 amide bonds. The number of piperidine rings is 2. The van der Waals surface area contributed by atoms with E-state index in [1.807, 2.05) is 34.6 Å². The van der Waals surface area contributed by atoms with Gasteiger partial charge in [0, 0.05) is 94.0 Å². The third kappa shape index (κ3) is 15.5. The summed E-state index contributed by atoms with van der Waals surface area (Å²) in [6, 6.07) is 10.1. The maximum absolute atomic E-state index is 12.4. The Morgan fingerprint density at radius 3 is 1.63 bits per heavy atom. The third-order valence-corrected chi connectivity index (χ3v) is 14.4. The van der Waals surface area contributed by atoms with Crippen molar-refractivity contribution < 1.29 is 53.7 Å². The van der Waals surface area contributed by atoms with Gasteiger partial charge in [-0.3, -0.25) is 13.8 Å². The van der Waals surface area contributed by atoms with Crippen LogP contribution in [0.2, 0.25) is 0 Å². The van der Waals surface area contributed by atoms with Gasteiger partial charge in [0.15, 0.2) is 11.6 Å². The normalized spacial score (nSPS) is 13.8. The fourth-order valence-corrected chi connectivity index (χ4v) is 10.4. The molecule has 22 nitrogen and oxygen atoms in total. The Morgan fingerprint density at radius 1 is 0.680 bits per heavy atom. The molecular formula is C51H71N10O12PS. The minimum atomic E-state index is -2.77. The molecule has 4 aromatic heterocycles. The van der Waals surface area contributed by atoms with E-state index in [9.17, 15) is 40.5 Å². The molecule has 0 atom stereocenters. The molecule has 6 heterocycles. The first-order valence-electron chi connectivity index (χ1n) is 25.4. The van der Waals surface area contributed by atoms with Crippen LogP contribution >= 0.6 is 6.72 Å². The number of anilines is 4. The molecular weight excluding hydrogens is 1010 g/mol. The van der Waals surface area contributed by atoms with E-state index in [-0.39, 0.29) is 66.1 Å². The van der Waals surface area contributed by atoms with Gasteiger partial charge in [-0.25, -0.2) is 15.0 Å². The Labute approximate surface area is 441 Å². The van der Waals surface area contributed by atoms with Crippen molar-refractivity contribution in [2.75, 3.05) is 112 Å². The molecule has 0 radical (unpaired) electrons. The van der Waals surface area contributed by atoms with Gasteiger partial charge < -0.3 is 64.3 Å². The van der Waals surface area contributed by atoms with Crippen LogP contribution in [-0.2, 0) is 20.9 Å². The van der Waals surface area contributed by atoms with Crippen LogP contribution in [0.15, 0.2) is 57.9 Å². The SMILES string of the molecule is CCOP(=S)(OCC)Oc1cc(C)nc(C(C)C)n1.O=c1c(-c2ccc(O)cc2)coc2cc(O)cc(O)c12.OCCN(CCO)c1nc(N2CCCCC2)c2nc(N(CCO)CCO)nc(N3CCCCC3)c2n1. The molecule has 75 heavy (non-hydrogen) atoms. The maximum atomic E-state index is 12.4.